The predicted molar refractivity (Wildman–Crippen MR) is 66.8 cm³/mol. The van der Waals surface area contributed by atoms with Crippen LogP contribution in [0.25, 0.3) is 0 Å². The van der Waals surface area contributed by atoms with Crippen LogP contribution in [0.2, 0.25) is 0 Å². The van der Waals surface area contributed by atoms with Gasteiger partial charge in [-0.2, -0.15) is 4.90 Å². The van der Waals surface area contributed by atoms with Crippen LogP contribution in [0.1, 0.15) is 5.56 Å². The topological polar surface area (TPSA) is 66.8 Å². The van der Waals surface area contributed by atoms with Crippen molar-refractivity contribution < 1.29 is 23.9 Å². The fourth-order valence-electron chi connectivity index (χ4n) is 1.98. The monoisotopic (exact) mass is 265 g/mol. The molecule has 0 bridgehead atoms. The first-order chi connectivity index (χ1) is 8.92. The van der Waals surface area contributed by atoms with Crippen molar-refractivity contribution in [3.8, 4) is 0 Å². The van der Waals surface area contributed by atoms with Crippen molar-refractivity contribution in [3.05, 3.63) is 35.9 Å². The second kappa shape index (κ2) is 4.99. The van der Waals surface area contributed by atoms with Gasteiger partial charge in [-0.15, -0.1) is 0 Å². The third kappa shape index (κ3) is 2.74. The van der Waals surface area contributed by atoms with Gasteiger partial charge in [0.1, 0.15) is 13.2 Å². The van der Waals surface area contributed by atoms with Gasteiger partial charge >= 0.3 is 12.1 Å². The van der Waals surface area contributed by atoms with E-state index >= 15 is 0 Å². The minimum Gasteiger partial charge on any atom is -0.444 e. The molecule has 1 aliphatic heterocycles. The van der Waals surface area contributed by atoms with Crippen LogP contribution in [0.15, 0.2) is 30.3 Å². The molecule has 0 spiro atoms. The largest absolute Gasteiger partial charge is 0.444 e. The molecular formula is C13H17N2O4+. The average molecular weight is 265 g/mol. The van der Waals surface area contributed by atoms with Gasteiger partial charge in [-0.05, 0) is 5.56 Å². The summed E-state index contributed by atoms with van der Waals surface area (Å²) in [7, 11) is 3.27. The molecule has 1 aromatic rings. The van der Waals surface area contributed by atoms with Crippen molar-refractivity contribution in [2.75, 3.05) is 20.6 Å². The molecule has 0 aromatic heterocycles. The molecule has 1 heterocycles. The third-order valence-electron chi connectivity index (χ3n) is 3.04. The van der Waals surface area contributed by atoms with Gasteiger partial charge in [0.15, 0.2) is 6.23 Å². The van der Waals surface area contributed by atoms with Crippen molar-refractivity contribution in [1.29, 1.82) is 0 Å². The Hall–Kier alpha value is -1.92. The number of aliphatic hydroxyl groups excluding tert-OH is 1. The van der Waals surface area contributed by atoms with Gasteiger partial charge in [-0.3, -0.25) is 0 Å². The quantitative estimate of drug-likeness (QED) is 0.815. The number of hydrogen-bond donors (Lipinski definition) is 1. The van der Waals surface area contributed by atoms with Crippen molar-refractivity contribution in [2.24, 2.45) is 0 Å². The number of carbonyl (C=O) groups excluding carboxylic acids is 2. The molecule has 1 aromatic carbocycles. The van der Waals surface area contributed by atoms with Crippen LogP contribution < -0.4 is 0 Å². The number of benzene rings is 1. The number of ether oxygens (including phenoxy) is 1. The van der Waals surface area contributed by atoms with E-state index in [9.17, 15) is 14.7 Å². The van der Waals surface area contributed by atoms with Crippen LogP contribution in [0.3, 0.4) is 0 Å². The summed E-state index contributed by atoms with van der Waals surface area (Å²) in [6.07, 6.45) is -1.95. The molecule has 1 aliphatic rings. The lowest BCUT2D eigenvalue weighted by Gasteiger charge is -2.18. The molecule has 102 valence electrons. The fourth-order valence-corrected chi connectivity index (χ4v) is 1.98. The molecular weight excluding hydrogens is 248 g/mol. The first-order valence-electron chi connectivity index (χ1n) is 5.97. The molecule has 0 radical (unpaired) electrons. The summed E-state index contributed by atoms with van der Waals surface area (Å²) in [6, 6.07) is 8.69. The lowest BCUT2D eigenvalue weighted by Crippen LogP contribution is -2.45. The fraction of sp³-hybridized carbons (Fsp3) is 0.385. The second-order valence-corrected chi connectivity index (χ2v) is 5.04. The predicted octanol–water partition coefficient (Wildman–Crippen LogP) is 1.15. The van der Waals surface area contributed by atoms with E-state index < -0.39 is 18.4 Å². The Labute approximate surface area is 111 Å². The summed E-state index contributed by atoms with van der Waals surface area (Å²) < 4.78 is 4.97. The minimum atomic E-state index is -1.13. The number of nitrogens with zero attached hydrogens (tertiary/aromatic N) is 2. The van der Waals surface area contributed by atoms with Crippen LogP contribution >= 0.6 is 0 Å². The van der Waals surface area contributed by atoms with Crippen LogP contribution in [0, 0.1) is 0 Å². The van der Waals surface area contributed by atoms with Crippen molar-refractivity contribution >= 4 is 12.1 Å². The summed E-state index contributed by atoms with van der Waals surface area (Å²) >= 11 is 0. The number of carbonyl (C=O) groups is 2. The standard InChI is InChI=1S/C13H17N2O4/c1-15(2)8-11(16)14(12(15)17)13(18)19-9-10-6-4-3-5-7-10/h3-7,11,16H,8-9H2,1-2H3/q+1. The van der Waals surface area contributed by atoms with Gasteiger partial charge < -0.3 is 9.84 Å². The summed E-state index contributed by atoms with van der Waals surface area (Å²) in [5, 5.41) is 9.75. The minimum absolute atomic E-state index is 0.0679. The van der Waals surface area contributed by atoms with E-state index in [-0.39, 0.29) is 17.6 Å². The highest BCUT2D eigenvalue weighted by atomic mass is 16.6. The van der Waals surface area contributed by atoms with Gasteiger partial charge in [0.25, 0.3) is 0 Å². The molecule has 1 unspecified atom stereocenters. The molecule has 3 amide bonds. The number of quaternary nitrogens is 1. The molecule has 0 saturated carbocycles. The summed E-state index contributed by atoms with van der Waals surface area (Å²) in [6.45, 7) is 0.239. The van der Waals surface area contributed by atoms with Crippen molar-refractivity contribution in [2.45, 2.75) is 12.8 Å². The van der Waals surface area contributed by atoms with Gasteiger partial charge in [-0.25, -0.2) is 14.1 Å². The zero-order chi connectivity index (χ0) is 14.0. The maximum Gasteiger partial charge on any atom is 0.430 e. The molecule has 0 aliphatic carbocycles. The Kier molecular flexibility index (Phi) is 3.55. The average Bonchev–Trinajstić information content (AvgIpc) is 2.57. The van der Waals surface area contributed by atoms with E-state index in [1.54, 1.807) is 14.1 Å². The van der Waals surface area contributed by atoms with E-state index in [0.29, 0.717) is 0 Å². The first-order valence-corrected chi connectivity index (χ1v) is 5.97. The lowest BCUT2D eigenvalue weighted by atomic mass is 10.2. The zero-order valence-corrected chi connectivity index (χ0v) is 10.9. The Morgan fingerprint density at radius 3 is 2.58 bits per heavy atom. The zero-order valence-electron chi connectivity index (χ0n) is 10.9. The molecule has 6 heteroatoms. The molecule has 1 saturated heterocycles. The van der Waals surface area contributed by atoms with Crippen LogP contribution in [-0.2, 0) is 11.3 Å². The third-order valence-corrected chi connectivity index (χ3v) is 3.04. The smallest absolute Gasteiger partial charge is 0.430 e. The number of rotatable bonds is 2. The molecule has 1 atom stereocenters. The molecule has 1 N–H and O–H groups in total. The van der Waals surface area contributed by atoms with Crippen molar-refractivity contribution in [1.82, 2.24) is 4.90 Å². The van der Waals surface area contributed by atoms with Gasteiger partial charge in [0.2, 0.25) is 0 Å². The van der Waals surface area contributed by atoms with Gasteiger partial charge in [-0.1, -0.05) is 30.3 Å². The SMILES string of the molecule is C[N+]1(C)CC(O)N(C(=O)OCc2ccccc2)C1=O. The normalized spacial score (nSPS) is 21.5. The molecule has 2 rings (SSSR count). The number of hydrogen-bond acceptors (Lipinski definition) is 4. The van der Waals surface area contributed by atoms with Crippen molar-refractivity contribution in [3.63, 3.8) is 0 Å². The van der Waals surface area contributed by atoms with E-state index in [0.717, 1.165) is 10.5 Å². The number of urea groups is 1. The van der Waals surface area contributed by atoms with E-state index in [1.165, 1.54) is 0 Å². The summed E-state index contributed by atoms with van der Waals surface area (Å²) in [5.41, 5.74) is 0.825. The number of likely N-dealkylation sites (N-methyl/N-ethyl adjacent to an activating group) is 1. The summed E-state index contributed by atoms with van der Waals surface area (Å²) in [4.78, 5) is 24.5. The highest BCUT2D eigenvalue weighted by Gasteiger charge is 2.50. The number of aliphatic hydroxyl groups is 1. The van der Waals surface area contributed by atoms with Gasteiger partial charge in [0.05, 0.1) is 14.1 Å². The number of amides is 3. The maximum absolute atomic E-state index is 11.9. The second-order valence-electron chi connectivity index (χ2n) is 5.04. The Balaban J connectivity index is 1.99. The Morgan fingerprint density at radius 2 is 2.05 bits per heavy atom. The lowest BCUT2D eigenvalue weighted by molar-refractivity contribution is -0.802. The Morgan fingerprint density at radius 1 is 1.42 bits per heavy atom. The molecule has 6 nitrogen and oxygen atoms in total. The van der Waals surface area contributed by atoms with E-state index in [1.807, 2.05) is 30.3 Å². The first kappa shape index (κ1) is 13.5. The molecule has 19 heavy (non-hydrogen) atoms. The molecule has 1 fully saturated rings. The summed E-state index contributed by atoms with van der Waals surface area (Å²) in [5.74, 6) is 0. The number of imide groups is 1. The Bertz CT molecular complexity index is 487. The van der Waals surface area contributed by atoms with E-state index in [4.69, 9.17) is 4.74 Å². The van der Waals surface area contributed by atoms with Crippen LogP contribution in [-0.4, -0.2) is 53.5 Å². The van der Waals surface area contributed by atoms with Crippen LogP contribution in [0.4, 0.5) is 9.59 Å². The van der Waals surface area contributed by atoms with Gasteiger partial charge in [0, 0.05) is 0 Å². The van der Waals surface area contributed by atoms with Crippen LogP contribution in [0.5, 0.6) is 0 Å². The highest BCUT2D eigenvalue weighted by Crippen LogP contribution is 2.20. The highest BCUT2D eigenvalue weighted by molar-refractivity contribution is 5.88. The van der Waals surface area contributed by atoms with E-state index in [2.05, 4.69) is 0 Å². The maximum atomic E-state index is 11.9.